The van der Waals surface area contributed by atoms with Crippen molar-refractivity contribution in [2.45, 2.75) is 6.42 Å². The van der Waals surface area contributed by atoms with E-state index < -0.39 is 12.5 Å². The fraction of sp³-hybridized carbons (Fsp3) is 0.286. The zero-order valence-electron chi connectivity index (χ0n) is 21.8. The summed E-state index contributed by atoms with van der Waals surface area (Å²) in [6.45, 7) is 1.80. The summed E-state index contributed by atoms with van der Waals surface area (Å²) in [4.78, 5) is 15.9. The Kier molecular flexibility index (Phi) is 8.42. The highest BCUT2D eigenvalue weighted by molar-refractivity contribution is 8.00. The average Bonchev–Trinajstić information content (AvgIpc) is 2.99. The van der Waals surface area contributed by atoms with Gasteiger partial charge in [-0.15, -0.1) is 0 Å². The zero-order chi connectivity index (χ0) is 28.1. The first-order valence-electron chi connectivity index (χ1n) is 12.6. The van der Waals surface area contributed by atoms with Crippen LogP contribution in [0.25, 0.3) is 33.4 Å². The molecule has 0 unspecified atom stereocenters. The van der Waals surface area contributed by atoms with Crippen LogP contribution in [0, 0.1) is 17.1 Å². The highest BCUT2D eigenvalue weighted by atomic mass is 32.2. The molecule has 0 amide bonds. The van der Waals surface area contributed by atoms with E-state index in [-0.39, 0.29) is 5.82 Å². The van der Waals surface area contributed by atoms with Crippen LogP contribution < -0.4 is 20.1 Å². The number of morpholine rings is 1. The minimum absolute atomic E-state index is 0.219. The summed E-state index contributed by atoms with van der Waals surface area (Å²) in [6.07, 6.45) is 1.87. The Morgan fingerprint density at radius 2 is 2.02 bits per heavy atom. The number of nitrogens with two attached hydrogens (primary N) is 1. The monoisotopic (exact) mass is 563 g/mol. The van der Waals surface area contributed by atoms with Crippen molar-refractivity contribution < 1.29 is 18.3 Å². The maximum Gasteiger partial charge on any atom is 0.165 e. The predicted octanol–water partition coefficient (Wildman–Crippen LogP) is 5.22. The van der Waals surface area contributed by atoms with Gasteiger partial charge >= 0.3 is 0 Å². The molecule has 0 spiro atoms. The molecule has 0 aliphatic carbocycles. The number of aromatic nitrogens is 3. The van der Waals surface area contributed by atoms with Crippen molar-refractivity contribution in [1.29, 1.82) is 5.26 Å². The van der Waals surface area contributed by atoms with Gasteiger partial charge in [0.1, 0.15) is 29.0 Å². The molecule has 2 aromatic heterocycles. The summed E-state index contributed by atoms with van der Waals surface area (Å²) < 4.78 is 42.4. The third-order valence-corrected chi connectivity index (χ3v) is 7.29. The van der Waals surface area contributed by atoms with Gasteiger partial charge in [0, 0.05) is 36.0 Å². The number of hydrogen-bond donors (Lipinski definition) is 2. The van der Waals surface area contributed by atoms with Gasteiger partial charge in [0.15, 0.2) is 11.6 Å². The van der Waals surface area contributed by atoms with Gasteiger partial charge in [-0.3, -0.25) is 4.39 Å². The number of hydrogen-bond acceptors (Lipinski definition) is 10. The van der Waals surface area contributed by atoms with Gasteiger partial charge in [-0.25, -0.2) is 19.3 Å². The minimum Gasteiger partial charge on any atom is -0.494 e. The molecular formula is C28H27F2N7O2S. The van der Waals surface area contributed by atoms with Crippen LogP contribution in [-0.2, 0) is 4.74 Å². The molecule has 1 fully saturated rings. The van der Waals surface area contributed by atoms with E-state index in [0.29, 0.717) is 94.7 Å². The van der Waals surface area contributed by atoms with Gasteiger partial charge in [0.2, 0.25) is 0 Å². The Morgan fingerprint density at radius 3 is 2.77 bits per heavy atom. The number of nitriles is 1. The first-order chi connectivity index (χ1) is 19.5. The Balaban J connectivity index is 1.68. The molecule has 2 aromatic carbocycles. The molecule has 3 heterocycles. The lowest BCUT2D eigenvalue weighted by atomic mass is 10.0. The molecule has 1 saturated heterocycles. The summed E-state index contributed by atoms with van der Waals surface area (Å²) in [7, 11) is 1.52. The number of pyridine rings is 1. The van der Waals surface area contributed by atoms with Gasteiger partial charge in [0.25, 0.3) is 0 Å². The van der Waals surface area contributed by atoms with Crippen LogP contribution in [0.5, 0.6) is 5.75 Å². The lowest BCUT2D eigenvalue weighted by Crippen LogP contribution is -2.37. The van der Waals surface area contributed by atoms with E-state index in [1.54, 1.807) is 24.3 Å². The van der Waals surface area contributed by atoms with E-state index >= 15 is 4.39 Å². The molecule has 40 heavy (non-hydrogen) atoms. The largest absolute Gasteiger partial charge is 0.494 e. The fourth-order valence-corrected chi connectivity index (χ4v) is 5.13. The van der Waals surface area contributed by atoms with Crippen molar-refractivity contribution in [1.82, 2.24) is 15.0 Å². The number of rotatable bonds is 9. The van der Waals surface area contributed by atoms with Crippen molar-refractivity contribution in [3.05, 3.63) is 54.0 Å². The predicted molar refractivity (Wildman–Crippen MR) is 154 cm³/mol. The van der Waals surface area contributed by atoms with Crippen LogP contribution in [0.3, 0.4) is 0 Å². The van der Waals surface area contributed by atoms with Crippen LogP contribution >= 0.6 is 11.9 Å². The molecule has 0 radical (unpaired) electrons. The number of nitrogens with zero attached hydrogens (tertiary/aromatic N) is 5. The summed E-state index contributed by atoms with van der Waals surface area (Å²) in [5.74, 6) is 1.63. The molecule has 3 N–H and O–H groups in total. The van der Waals surface area contributed by atoms with Crippen molar-refractivity contribution in [2.24, 2.45) is 0 Å². The molecule has 0 bridgehead atoms. The Labute approximate surface area is 234 Å². The number of nitrogens with one attached hydrogen (secondary N) is 1. The second-order valence-electron chi connectivity index (χ2n) is 8.97. The first-order valence-corrected chi connectivity index (χ1v) is 13.6. The number of alkyl halides is 1. The number of anilines is 3. The first kappa shape index (κ1) is 27.4. The summed E-state index contributed by atoms with van der Waals surface area (Å²) >= 11 is 1.25. The summed E-state index contributed by atoms with van der Waals surface area (Å²) in [5.41, 5.74) is 8.30. The number of halogens is 2. The molecule has 0 saturated carbocycles. The number of fused-ring (bicyclic) bond motifs is 1. The molecule has 1 aliphatic rings. The van der Waals surface area contributed by atoms with Gasteiger partial charge < -0.3 is 24.8 Å². The second-order valence-corrected chi connectivity index (χ2v) is 9.87. The Bertz CT molecular complexity index is 1580. The molecule has 4 aromatic rings. The number of ether oxygens (including phenoxy) is 2. The van der Waals surface area contributed by atoms with Crippen molar-refractivity contribution in [3.8, 4) is 34.3 Å². The molecule has 9 nitrogen and oxygen atoms in total. The van der Waals surface area contributed by atoms with E-state index in [1.807, 2.05) is 6.07 Å². The molecular weight excluding hydrogens is 536 g/mol. The van der Waals surface area contributed by atoms with E-state index in [4.69, 9.17) is 25.2 Å². The maximum absolute atomic E-state index is 15.7. The topological polar surface area (TPSA) is 122 Å². The second kappa shape index (κ2) is 12.3. The molecule has 12 heteroatoms. The third kappa shape index (κ3) is 5.57. The molecule has 206 valence electrons. The van der Waals surface area contributed by atoms with Crippen LogP contribution in [0.2, 0.25) is 0 Å². The maximum atomic E-state index is 15.7. The van der Waals surface area contributed by atoms with E-state index in [0.717, 1.165) is 0 Å². The van der Waals surface area contributed by atoms with Crippen LogP contribution in [0.4, 0.5) is 26.1 Å². The van der Waals surface area contributed by atoms with Gasteiger partial charge in [-0.05, 0) is 36.2 Å². The highest BCUT2D eigenvalue weighted by Crippen LogP contribution is 2.39. The standard InChI is InChI=1S/C28H27F2N7O2S/c1-38-23-13-17(19-4-2-5-22(25(19)30)36-40-11-3-6-29)12-20-26(23)34-27(21-16-33-24(32)14-18(21)15-31)35-28(20)37-7-9-39-10-8-37/h2,4-5,12-14,16,36H,3,6-11H2,1H3,(H2,32,33). The fourth-order valence-electron chi connectivity index (χ4n) is 4.46. The van der Waals surface area contributed by atoms with Crippen molar-refractivity contribution in [3.63, 3.8) is 0 Å². The SMILES string of the molecule is COc1cc(-c2cccc(NSCCCF)c2F)cc2c(N3CCOCC3)nc(-c3cnc(N)cc3C#N)nc12. The van der Waals surface area contributed by atoms with Crippen LogP contribution in [-0.4, -0.2) is 60.8 Å². The Hall–Kier alpha value is -4.21. The normalized spacial score (nSPS) is 13.3. The lowest BCUT2D eigenvalue weighted by Gasteiger charge is -2.29. The van der Waals surface area contributed by atoms with Crippen LogP contribution in [0.15, 0.2) is 42.6 Å². The third-order valence-electron chi connectivity index (χ3n) is 6.43. The van der Waals surface area contributed by atoms with E-state index in [9.17, 15) is 9.65 Å². The van der Waals surface area contributed by atoms with Gasteiger partial charge in [0.05, 0.1) is 43.8 Å². The van der Waals surface area contributed by atoms with Gasteiger partial charge in [-0.2, -0.15) is 5.26 Å². The quantitative estimate of drug-likeness (QED) is 0.207. The van der Waals surface area contributed by atoms with Gasteiger partial charge in [-0.1, -0.05) is 24.1 Å². The van der Waals surface area contributed by atoms with Crippen LogP contribution in [0.1, 0.15) is 12.0 Å². The minimum atomic E-state index is -0.436. The molecule has 5 rings (SSSR count). The highest BCUT2D eigenvalue weighted by Gasteiger charge is 2.23. The number of nitrogen functional groups attached to an aromatic ring is 1. The molecule has 1 aliphatic heterocycles. The zero-order valence-corrected chi connectivity index (χ0v) is 22.6. The smallest absolute Gasteiger partial charge is 0.165 e. The summed E-state index contributed by atoms with van der Waals surface area (Å²) in [5, 5.41) is 10.4. The van der Waals surface area contributed by atoms with E-state index in [2.05, 4.69) is 20.7 Å². The van der Waals surface area contributed by atoms with E-state index in [1.165, 1.54) is 31.3 Å². The number of methoxy groups -OCH3 is 1. The average molecular weight is 564 g/mol. The number of benzene rings is 2. The molecule has 0 atom stereocenters. The summed E-state index contributed by atoms with van der Waals surface area (Å²) in [6, 6.07) is 12.3. The Morgan fingerprint density at radius 1 is 1.20 bits per heavy atom. The van der Waals surface area contributed by atoms with Crippen molar-refractivity contribution in [2.75, 3.05) is 61.2 Å². The van der Waals surface area contributed by atoms with Crippen molar-refractivity contribution >= 4 is 40.2 Å². The lowest BCUT2D eigenvalue weighted by molar-refractivity contribution is 0.122.